The number of nitrogens with one attached hydrogen (secondary N) is 1. The molecule has 6 heteroatoms. The van der Waals surface area contributed by atoms with Crippen LogP contribution in [0.1, 0.15) is 39.2 Å². The molecule has 24 heavy (non-hydrogen) atoms. The predicted octanol–water partition coefficient (Wildman–Crippen LogP) is 2.98. The first-order chi connectivity index (χ1) is 11.1. The van der Waals surface area contributed by atoms with E-state index >= 15 is 0 Å². The van der Waals surface area contributed by atoms with Gasteiger partial charge in [0.25, 0.3) is 0 Å². The second-order valence-electron chi connectivity index (χ2n) is 6.32. The molecule has 136 valence electrons. The molecule has 0 aromatic heterocycles. The van der Waals surface area contributed by atoms with E-state index in [4.69, 9.17) is 10.5 Å². The Hall–Kier alpha value is -1.02. The monoisotopic (exact) mass is 446 g/mol. The Morgan fingerprint density at radius 2 is 2.08 bits per heavy atom. The number of hydrogen-bond donors (Lipinski definition) is 2. The topological polar surface area (TPSA) is 62.9 Å². The molecular weight excluding hydrogens is 415 g/mol. The Balaban J connectivity index is 0.00000288. The SMILES string of the molecule is CCN1CCCC1CNC(N)=NCc1ccc(OC(C)C)cc1.I. The Bertz CT molecular complexity index is 504. The lowest BCUT2D eigenvalue weighted by molar-refractivity contribution is 0.242. The number of rotatable bonds is 7. The molecule has 0 radical (unpaired) electrons. The number of hydrogen-bond acceptors (Lipinski definition) is 3. The van der Waals surface area contributed by atoms with Crippen molar-refractivity contribution in [3.63, 3.8) is 0 Å². The van der Waals surface area contributed by atoms with Crippen LogP contribution in [0.2, 0.25) is 0 Å². The molecule has 0 saturated carbocycles. The number of nitrogens with zero attached hydrogens (tertiary/aromatic N) is 2. The van der Waals surface area contributed by atoms with Gasteiger partial charge in [0.05, 0.1) is 12.6 Å². The molecule has 1 aliphatic heterocycles. The van der Waals surface area contributed by atoms with Gasteiger partial charge in [0.15, 0.2) is 5.96 Å². The van der Waals surface area contributed by atoms with Gasteiger partial charge in [0.2, 0.25) is 0 Å². The van der Waals surface area contributed by atoms with Gasteiger partial charge in [-0.15, -0.1) is 24.0 Å². The molecular formula is C18H31IN4O. The fourth-order valence-electron chi connectivity index (χ4n) is 2.94. The number of aliphatic imine (C=N–C) groups is 1. The van der Waals surface area contributed by atoms with Gasteiger partial charge >= 0.3 is 0 Å². The molecule has 0 bridgehead atoms. The van der Waals surface area contributed by atoms with Crippen LogP contribution < -0.4 is 15.8 Å². The zero-order valence-corrected chi connectivity index (χ0v) is 17.3. The third-order valence-corrected chi connectivity index (χ3v) is 4.15. The third kappa shape index (κ3) is 6.84. The van der Waals surface area contributed by atoms with Gasteiger partial charge in [-0.25, -0.2) is 4.99 Å². The van der Waals surface area contributed by atoms with Crippen LogP contribution >= 0.6 is 24.0 Å². The van der Waals surface area contributed by atoms with Crippen molar-refractivity contribution in [1.29, 1.82) is 0 Å². The van der Waals surface area contributed by atoms with E-state index in [0.717, 1.165) is 24.4 Å². The van der Waals surface area contributed by atoms with Crippen molar-refractivity contribution in [2.24, 2.45) is 10.7 Å². The van der Waals surface area contributed by atoms with E-state index in [2.05, 4.69) is 22.1 Å². The Labute approximate surface area is 163 Å². The highest BCUT2D eigenvalue weighted by molar-refractivity contribution is 14.0. The van der Waals surface area contributed by atoms with Crippen LogP contribution in [0.3, 0.4) is 0 Å². The van der Waals surface area contributed by atoms with Crippen LogP contribution in [0.4, 0.5) is 0 Å². The van der Waals surface area contributed by atoms with Crippen LogP contribution in [0.5, 0.6) is 5.75 Å². The molecule has 1 aliphatic rings. The average molecular weight is 446 g/mol. The molecule has 1 heterocycles. The molecule has 1 fully saturated rings. The Morgan fingerprint density at radius 1 is 1.38 bits per heavy atom. The van der Waals surface area contributed by atoms with E-state index in [1.165, 1.54) is 19.4 Å². The number of guanidine groups is 1. The first-order valence-corrected chi connectivity index (χ1v) is 8.62. The minimum Gasteiger partial charge on any atom is -0.491 e. The van der Waals surface area contributed by atoms with E-state index in [1.807, 2.05) is 38.1 Å². The van der Waals surface area contributed by atoms with E-state index in [-0.39, 0.29) is 30.1 Å². The minimum atomic E-state index is 0. The van der Waals surface area contributed by atoms with Crippen LogP contribution in [0.15, 0.2) is 29.3 Å². The Kier molecular flexibility index (Phi) is 9.43. The van der Waals surface area contributed by atoms with Crippen molar-refractivity contribution in [1.82, 2.24) is 10.2 Å². The first kappa shape index (κ1) is 21.0. The molecule has 1 aromatic rings. The summed E-state index contributed by atoms with van der Waals surface area (Å²) in [6.45, 7) is 10.0. The molecule has 3 N–H and O–H groups in total. The maximum absolute atomic E-state index is 5.98. The fraction of sp³-hybridized carbons (Fsp3) is 0.611. The highest BCUT2D eigenvalue weighted by Crippen LogP contribution is 2.16. The number of benzene rings is 1. The molecule has 2 rings (SSSR count). The van der Waals surface area contributed by atoms with Gasteiger partial charge < -0.3 is 15.8 Å². The number of halogens is 1. The van der Waals surface area contributed by atoms with Gasteiger partial charge in [0, 0.05) is 12.6 Å². The number of likely N-dealkylation sites (tertiary alicyclic amines) is 1. The predicted molar refractivity (Wildman–Crippen MR) is 111 cm³/mol. The molecule has 0 amide bonds. The van der Waals surface area contributed by atoms with Crippen LogP contribution in [0, 0.1) is 0 Å². The van der Waals surface area contributed by atoms with Crippen molar-refractivity contribution < 1.29 is 4.74 Å². The smallest absolute Gasteiger partial charge is 0.188 e. The number of nitrogens with two attached hydrogens (primary N) is 1. The largest absolute Gasteiger partial charge is 0.491 e. The van der Waals surface area contributed by atoms with Crippen LogP contribution in [-0.2, 0) is 6.54 Å². The summed E-state index contributed by atoms with van der Waals surface area (Å²) in [6, 6.07) is 8.61. The third-order valence-electron chi connectivity index (χ3n) is 4.15. The summed E-state index contributed by atoms with van der Waals surface area (Å²) in [5, 5.41) is 3.26. The normalized spacial score (nSPS) is 18.5. The second kappa shape index (κ2) is 10.8. The standard InChI is InChI=1S/C18H30N4O.HI/c1-4-22-11-5-6-16(22)13-21-18(19)20-12-15-7-9-17(10-8-15)23-14(2)3;/h7-10,14,16H,4-6,11-13H2,1-3H3,(H3,19,20,21);1H. The molecule has 0 aliphatic carbocycles. The molecule has 1 unspecified atom stereocenters. The van der Waals surface area contributed by atoms with Gasteiger partial charge in [-0.1, -0.05) is 19.1 Å². The van der Waals surface area contributed by atoms with Crippen molar-refractivity contribution >= 4 is 29.9 Å². The average Bonchev–Trinajstić information content (AvgIpc) is 2.99. The van der Waals surface area contributed by atoms with Gasteiger partial charge in [0.1, 0.15) is 5.75 Å². The van der Waals surface area contributed by atoms with Gasteiger partial charge in [-0.2, -0.15) is 0 Å². The van der Waals surface area contributed by atoms with E-state index < -0.39 is 0 Å². The summed E-state index contributed by atoms with van der Waals surface area (Å²) in [4.78, 5) is 6.91. The van der Waals surface area contributed by atoms with E-state index in [9.17, 15) is 0 Å². The summed E-state index contributed by atoms with van der Waals surface area (Å²) < 4.78 is 5.63. The molecule has 1 saturated heterocycles. The molecule has 0 spiro atoms. The summed E-state index contributed by atoms with van der Waals surface area (Å²) in [5.74, 6) is 1.41. The Morgan fingerprint density at radius 3 is 2.71 bits per heavy atom. The van der Waals surface area contributed by atoms with E-state index in [0.29, 0.717) is 18.5 Å². The lowest BCUT2D eigenvalue weighted by Gasteiger charge is -2.23. The lowest BCUT2D eigenvalue weighted by Crippen LogP contribution is -2.42. The fourth-order valence-corrected chi connectivity index (χ4v) is 2.94. The van der Waals surface area contributed by atoms with Crippen molar-refractivity contribution in [2.45, 2.75) is 52.3 Å². The lowest BCUT2D eigenvalue weighted by atomic mass is 10.2. The van der Waals surface area contributed by atoms with Crippen LogP contribution in [0.25, 0.3) is 0 Å². The van der Waals surface area contributed by atoms with Gasteiger partial charge in [-0.3, -0.25) is 4.90 Å². The quantitative estimate of drug-likeness (QED) is 0.384. The zero-order chi connectivity index (χ0) is 16.7. The maximum Gasteiger partial charge on any atom is 0.188 e. The van der Waals surface area contributed by atoms with Crippen LogP contribution in [-0.4, -0.2) is 42.6 Å². The van der Waals surface area contributed by atoms with Crippen molar-refractivity contribution in [2.75, 3.05) is 19.6 Å². The summed E-state index contributed by atoms with van der Waals surface area (Å²) in [7, 11) is 0. The maximum atomic E-state index is 5.98. The van der Waals surface area contributed by atoms with E-state index in [1.54, 1.807) is 0 Å². The summed E-state index contributed by atoms with van der Waals surface area (Å²) in [6.07, 6.45) is 2.71. The van der Waals surface area contributed by atoms with Crippen molar-refractivity contribution in [3.8, 4) is 5.75 Å². The van der Waals surface area contributed by atoms with Crippen molar-refractivity contribution in [3.05, 3.63) is 29.8 Å². The highest BCUT2D eigenvalue weighted by Gasteiger charge is 2.22. The number of likely N-dealkylation sites (N-methyl/N-ethyl adjacent to an activating group) is 1. The molecule has 5 nitrogen and oxygen atoms in total. The summed E-state index contributed by atoms with van der Waals surface area (Å²) >= 11 is 0. The minimum absolute atomic E-state index is 0. The molecule has 1 atom stereocenters. The molecule has 1 aromatic carbocycles. The zero-order valence-electron chi connectivity index (χ0n) is 15.0. The number of ether oxygens (including phenoxy) is 1. The van der Waals surface area contributed by atoms with Gasteiger partial charge in [-0.05, 0) is 57.5 Å². The first-order valence-electron chi connectivity index (χ1n) is 8.62. The second-order valence-corrected chi connectivity index (χ2v) is 6.32. The highest BCUT2D eigenvalue weighted by atomic mass is 127. The summed E-state index contributed by atoms with van der Waals surface area (Å²) in [5.41, 5.74) is 7.10.